The highest BCUT2D eigenvalue weighted by Gasteiger charge is 2.13. The van der Waals surface area contributed by atoms with Crippen molar-refractivity contribution in [1.29, 1.82) is 0 Å². The predicted molar refractivity (Wildman–Crippen MR) is 84.2 cm³/mol. The number of halogens is 1. The second-order valence-electron chi connectivity index (χ2n) is 5.18. The minimum absolute atomic E-state index is 0.184. The van der Waals surface area contributed by atoms with Gasteiger partial charge >= 0.3 is 5.82 Å². The molecule has 7 heteroatoms. The lowest BCUT2D eigenvalue weighted by Crippen LogP contribution is -2.00. The lowest BCUT2D eigenvalue weighted by molar-refractivity contribution is -0.389. The van der Waals surface area contributed by atoms with Crippen molar-refractivity contribution in [1.82, 2.24) is 14.5 Å². The topological polar surface area (TPSA) is 73.8 Å². The van der Waals surface area contributed by atoms with Crippen molar-refractivity contribution in [2.45, 2.75) is 20.4 Å². The molecule has 3 rings (SSSR count). The number of aryl methyl sites for hydroxylation is 2. The number of hydrogen-bond acceptors (Lipinski definition) is 4. The summed E-state index contributed by atoms with van der Waals surface area (Å²) in [6.45, 7) is 4.43. The second kappa shape index (κ2) is 5.38. The van der Waals surface area contributed by atoms with Gasteiger partial charge in [0.15, 0.2) is 0 Å². The van der Waals surface area contributed by atoms with Crippen molar-refractivity contribution < 1.29 is 4.92 Å². The van der Waals surface area contributed by atoms with Crippen LogP contribution in [0, 0.1) is 24.0 Å². The van der Waals surface area contributed by atoms with E-state index in [1.54, 1.807) is 4.57 Å². The van der Waals surface area contributed by atoms with Gasteiger partial charge in [-0.25, -0.2) is 4.98 Å². The molecule has 1 aromatic carbocycles. The summed E-state index contributed by atoms with van der Waals surface area (Å²) in [6, 6.07) is 6.00. The smallest absolute Gasteiger partial charge is 0.358 e. The Morgan fingerprint density at radius 1 is 1.36 bits per heavy atom. The minimum Gasteiger partial charge on any atom is -0.358 e. The molecular weight excluding hydrogens is 304 g/mol. The first kappa shape index (κ1) is 14.5. The van der Waals surface area contributed by atoms with E-state index in [4.69, 9.17) is 11.6 Å². The van der Waals surface area contributed by atoms with Crippen molar-refractivity contribution >= 4 is 28.3 Å². The number of nitrogens with zero attached hydrogens (tertiary/aromatic N) is 4. The van der Waals surface area contributed by atoms with E-state index >= 15 is 0 Å². The fraction of sp³-hybridized carbons (Fsp3) is 0.200. The van der Waals surface area contributed by atoms with Gasteiger partial charge in [0.05, 0.1) is 12.1 Å². The first-order valence-electron chi connectivity index (χ1n) is 6.67. The normalized spacial score (nSPS) is 11.0. The minimum atomic E-state index is -0.525. The SMILES string of the molecule is Cc1ccc2cc(Cn3cnc([N+](=O)[O-])c3)c(Cl)nc2c1C. The fourth-order valence-electron chi connectivity index (χ4n) is 2.34. The van der Waals surface area contributed by atoms with Gasteiger partial charge in [0.25, 0.3) is 0 Å². The van der Waals surface area contributed by atoms with Crippen LogP contribution in [0.5, 0.6) is 0 Å². The van der Waals surface area contributed by atoms with E-state index < -0.39 is 4.92 Å². The van der Waals surface area contributed by atoms with E-state index in [9.17, 15) is 10.1 Å². The first-order valence-corrected chi connectivity index (χ1v) is 7.05. The average Bonchev–Trinajstić information content (AvgIpc) is 2.94. The van der Waals surface area contributed by atoms with Gasteiger partial charge < -0.3 is 14.7 Å². The molecule has 0 radical (unpaired) electrons. The molecule has 0 fully saturated rings. The van der Waals surface area contributed by atoms with E-state index in [0.29, 0.717) is 11.7 Å². The summed E-state index contributed by atoms with van der Waals surface area (Å²) in [5, 5.41) is 12.1. The summed E-state index contributed by atoms with van der Waals surface area (Å²) >= 11 is 6.27. The van der Waals surface area contributed by atoms with Gasteiger partial charge in [-0.15, -0.1) is 0 Å². The van der Waals surface area contributed by atoms with Crippen LogP contribution in [0.25, 0.3) is 10.9 Å². The summed E-state index contributed by atoms with van der Waals surface area (Å²) in [5.74, 6) is -0.184. The molecule has 112 valence electrons. The van der Waals surface area contributed by atoms with Crippen LogP contribution in [0.15, 0.2) is 30.7 Å². The Kier molecular flexibility index (Phi) is 3.54. The standard InChI is InChI=1S/C15H13ClN4O2/c1-9-3-4-11-5-12(15(16)18-14(11)10(9)2)6-19-7-13(17-8-19)20(21)22/h3-5,7-8H,6H2,1-2H3. The summed E-state index contributed by atoms with van der Waals surface area (Å²) in [5.41, 5.74) is 3.94. The molecule has 0 unspecified atom stereocenters. The molecule has 0 saturated carbocycles. The molecule has 0 amide bonds. The first-order chi connectivity index (χ1) is 10.5. The highest BCUT2D eigenvalue weighted by molar-refractivity contribution is 6.30. The monoisotopic (exact) mass is 316 g/mol. The number of rotatable bonds is 3. The third kappa shape index (κ3) is 2.53. The number of fused-ring (bicyclic) bond motifs is 1. The Labute approximate surface area is 131 Å². The molecule has 0 N–H and O–H groups in total. The maximum atomic E-state index is 10.7. The molecule has 0 aliphatic carbocycles. The molecule has 6 nitrogen and oxygen atoms in total. The van der Waals surface area contributed by atoms with Crippen LogP contribution >= 0.6 is 11.6 Å². The van der Waals surface area contributed by atoms with E-state index in [-0.39, 0.29) is 5.82 Å². The van der Waals surface area contributed by atoms with Crippen LogP contribution in [-0.4, -0.2) is 19.5 Å². The average molecular weight is 317 g/mol. The Balaban J connectivity index is 2.01. The van der Waals surface area contributed by atoms with Crippen molar-refractivity contribution in [2.24, 2.45) is 0 Å². The number of benzene rings is 1. The molecule has 0 aliphatic rings. The molecule has 0 spiro atoms. The fourth-order valence-corrected chi connectivity index (χ4v) is 2.54. The van der Waals surface area contributed by atoms with Gasteiger partial charge in [0, 0.05) is 10.9 Å². The third-order valence-electron chi connectivity index (χ3n) is 3.70. The lowest BCUT2D eigenvalue weighted by Gasteiger charge is -2.09. The maximum absolute atomic E-state index is 10.7. The van der Waals surface area contributed by atoms with Gasteiger partial charge in [0.1, 0.15) is 11.3 Å². The molecule has 3 aromatic rings. The van der Waals surface area contributed by atoms with Gasteiger partial charge in [-0.1, -0.05) is 23.7 Å². The van der Waals surface area contributed by atoms with Crippen molar-refractivity contribution in [3.05, 3.63) is 62.7 Å². The van der Waals surface area contributed by atoms with Crippen molar-refractivity contribution in [3.63, 3.8) is 0 Å². The Bertz CT molecular complexity index is 889. The van der Waals surface area contributed by atoms with E-state index in [0.717, 1.165) is 27.6 Å². The Morgan fingerprint density at radius 2 is 2.14 bits per heavy atom. The zero-order valence-corrected chi connectivity index (χ0v) is 12.8. The van der Waals surface area contributed by atoms with Crippen LogP contribution < -0.4 is 0 Å². The predicted octanol–water partition coefficient (Wildman–Crippen LogP) is 3.66. The highest BCUT2D eigenvalue weighted by Crippen LogP contribution is 2.25. The number of hydrogen-bond donors (Lipinski definition) is 0. The third-order valence-corrected chi connectivity index (χ3v) is 4.02. The van der Waals surface area contributed by atoms with Gasteiger partial charge in [-0.2, -0.15) is 0 Å². The molecule has 2 aromatic heterocycles. The van der Waals surface area contributed by atoms with Crippen LogP contribution in [0.2, 0.25) is 5.15 Å². The van der Waals surface area contributed by atoms with Crippen LogP contribution in [0.1, 0.15) is 16.7 Å². The number of nitro groups is 1. The lowest BCUT2D eigenvalue weighted by atomic mass is 10.0. The molecule has 22 heavy (non-hydrogen) atoms. The number of pyridine rings is 1. The quantitative estimate of drug-likeness (QED) is 0.420. The van der Waals surface area contributed by atoms with Gasteiger partial charge in [-0.3, -0.25) is 0 Å². The summed E-state index contributed by atoms with van der Waals surface area (Å²) in [6.07, 6.45) is 2.79. The van der Waals surface area contributed by atoms with E-state index in [1.165, 1.54) is 12.5 Å². The largest absolute Gasteiger partial charge is 0.381 e. The molecule has 2 heterocycles. The highest BCUT2D eigenvalue weighted by atomic mass is 35.5. The zero-order valence-electron chi connectivity index (χ0n) is 12.1. The van der Waals surface area contributed by atoms with Gasteiger partial charge in [-0.05, 0) is 40.9 Å². The molecular formula is C15H13ClN4O2. The molecule has 0 atom stereocenters. The summed E-state index contributed by atoms with van der Waals surface area (Å²) in [7, 11) is 0. The summed E-state index contributed by atoms with van der Waals surface area (Å²) in [4.78, 5) is 18.3. The van der Waals surface area contributed by atoms with E-state index in [2.05, 4.69) is 9.97 Å². The molecule has 0 bridgehead atoms. The van der Waals surface area contributed by atoms with Crippen LogP contribution in [-0.2, 0) is 6.54 Å². The van der Waals surface area contributed by atoms with Gasteiger partial charge in [0.2, 0.25) is 6.33 Å². The van der Waals surface area contributed by atoms with Crippen molar-refractivity contribution in [2.75, 3.05) is 0 Å². The Hall–Kier alpha value is -2.47. The number of aromatic nitrogens is 3. The second-order valence-corrected chi connectivity index (χ2v) is 5.54. The zero-order chi connectivity index (χ0) is 15.9. The number of imidazole rings is 1. The maximum Gasteiger partial charge on any atom is 0.381 e. The molecule has 0 aliphatic heterocycles. The van der Waals surface area contributed by atoms with Crippen LogP contribution in [0.4, 0.5) is 5.82 Å². The van der Waals surface area contributed by atoms with Crippen molar-refractivity contribution in [3.8, 4) is 0 Å². The van der Waals surface area contributed by atoms with E-state index in [1.807, 2.05) is 32.0 Å². The molecule has 0 saturated heterocycles. The Morgan fingerprint density at radius 3 is 2.82 bits per heavy atom. The van der Waals surface area contributed by atoms with Crippen LogP contribution in [0.3, 0.4) is 0 Å². The summed E-state index contributed by atoms with van der Waals surface area (Å²) < 4.78 is 1.62.